The van der Waals surface area contributed by atoms with Crippen molar-refractivity contribution in [3.63, 3.8) is 0 Å². The van der Waals surface area contributed by atoms with E-state index < -0.39 is 41.3 Å². The number of halogens is 4. The molecule has 1 aromatic carbocycles. The molecule has 0 spiro atoms. The molecule has 0 radical (unpaired) electrons. The smallest absolute Gasteiger partial charge is 0.382 e. The average molecular weight is 534 g/mol. The van der Waals surface area contributed by atoms with Gasteiger partial charge in [0.25, 0.3) is 11.8 Å². The maximum Gasteiger partial charge on any atom is 0.418 e. The summed E-state index contributed by atoms with van der Waals surface area (Å²) < 4.78 is 56.8. The van der Waals surface area contributed by atoms with Crippen LogP contribution in [0.2, 0.25) is 0 Å². The number of thiazole rings is 1. The molecule has 1 aliphatic heterocycles. The Kier molecular flexibility index (Phi) is 6.06. The van der Waals surface area contributed by atoms with Gasteiger partial charge in [0.05, 0.1) is 29.4 Å². The molecule has 0 saturated carbocycles. The summed E-state index contributed by atoms with van der Waals surface area (Å²) in [4.78, 5) is 34.5. The molecule has 37 heavy (non-hydrogen) atoms. The molecule has 5 rings (SSSR count). The third-order valence-electron chi connectivity index (χ3n) is 6.17. The molecule has 0 aliphatic carbocycles. The number of alkyl halides is 4. The number of rotatable bonds is 4. The molecular formula is C23H19F4N7O2S. The molecule has 1 aliphatic rings. The summed E-state index contributed by atoms with van der Waals surface area (Å²) in [5.74, 6) is -1.40. The quantitative estimate of drug-likeness (QED) is 0.389. The molecule has 4 aromatic rings. The van der Waals surface area contributed by atoms with Gasteiger partial charge in [0.1, 0.15) is 23.7 Å². The molecule has 14 heteroatoms. The van der Waals surface area contributed by atoms with Crippen LogP contribution in [0.4, 0.5) is 23.4 Å². The second-order valence-corrected chi connectivity index (χ2v) is 9.27. The van der Waals surface area contributed by atoms with Gasteiger partial charge in [-0.3, -0.25) is 9.59 Å². The molecule has 3 aromatic heterocycles. The van der Waals surface area contributed by atoms with Crippen LogP contribution >= 0.6 is 11.3 Å². The predicted octanol–water partition coefficient (Wildman–Crippen LogP) is 3.35. The number of carbonyl (C=O) groups is 2. The third-order valence-corrected chi connectivity index (χ3v) is 6.76. The van der Waals surface area contributed by atoms with Crippen molar-refractivity contribution in [3.8, 4) is 11.3 Å². The SMILES string of the molecule is Cc1ccc(-c2cc(C(F)(F)F)c3c(N)ncnn23)cc1C(=O)N[C@@H]1CN(C(=O)c2cscn2)C[C@@H]1F. The normalized spacial score (nSPS) is 17.9. The number of amides is 2. The van der Waals surface area contributed by atoms with Gasteiger partial charge < -0.3 is 16.0 Å². The molecule has 1 fully saturated rings. The zero-order chi connectivity index (χ0) is 26.5. The Morgan fingerprint density at radius 3 is 2.68 bits per heavy atom. The van der Waals surface area contributed by atoms with Crippen molar-refractivity contribution in [1.82, 2.24) is 29.8 Å². The molecule has 0 unspecified atom stereocenters. The second-order valence-electron chi connectivity index (χ2n) is 8.56. The molecule has 2 atom stereocenters. The number of likely N-dealkylation sites (tertiary alicyclic amines) is 1. The van der Waals surface area contributed by atoms with Crippen molar-refractivity contribution < 1.29 is 27.2 Å². The number of hydrogen-bond acceptors (Lipinski definition) is 7. The molecule has 1 saturated heterocycles. The number of hydrogen-bond donors (Lipinski definition) is 2. The topological polar surface area (TPSA) is 119 Å². The molecule has 192 valence electrons. The summed E-state index contributed by atoms with van der Waals surface area (Å²) in [6.45, 7) is 1.41. The van der Waals surface area contributed by atoms with E-state index in [4.69, 9.17) is 5.73 Å². The van der Waals surface area contributed by atoms with Gasteiger partial charge >= 0.3 is 6.18 Å². The van der Waals surface area contributed by atoms with Gasteiger partial charge in [-0.1, -0.05) is 12.1 Å². The van der Waals surface area contributed by atoms with Gasteiger partial charge in [0.2, 0.25) is 0 Å². The van der Waals surface area contributed by atoms with Crippen LogP contribution in [0.5, 0.6) is 0 Å². The summed E-state index contributed by atoms with van der Waals surface area (Å²) in [5, 5.41) is 8.09. The number of anilines is 1. The highest BCUT2D eigenvalue weighted by Crippen LogP contribution is 2.38. The number of benzene rings is 1. The van der Waals surface area contributed by atoms with E-state index in [1.165, 1.54) is 27.8 Å². The Morgan fingerprint density at radius 2 is 1.97 bits per heavy atom. The van der Waals surface area contributed by atoms with E-state index >= 15 is 0 Å². The molecular weight excluding hydrogens is 514 g/mol. The lowest BCUT2D eigenvalue weighted by Crippen LogP contribution is -2.42. The first-order valence-corrected chi connectivity index (χ1v) is 11.9. The maximum atomic E-state index is 14.7. The summed E-state index contributed by atoms with van der Waals surface area (Å²) in [6.07, 6.45) is -5.18. The Labute approximate surface area is 210 Å². The number of carbonyl (C=O) groups excluding carboxylic acids is 2. The van der Waals surface area contributed by atoms with Gasteiger partial charge in [-0.2, -0.15) is 18.3 Å². The summed E-state index contributed by atoms with van der Waals surface area (Å²) in [7, 11) is 0. The first-order valence-electron chi connectivity index (χ1n) is 11.0. The Morgan fingerprint density at radius 1 is 1.19 bits per heavy atom. The minimum Gasteiger partial charge on any atom is -0.382 e. The molecule has 0 bridgehead atoms. The number of fused-ring (bicyclic) bond motifs is 1. The number of nitrogens with one attached hydrogen (secondary N) is 1. The fraction of sp³-hybridized carbons (Fsp3) is 0.261. The van der Waals surface area contributed by atoms with Gasteiger partial charge in [0.15, 0.2) is 5.82 Å². The van der Waals surface area contributed by atoms with E-state index in [9.17, 15) is 27.2 Å². The summed E-state index contributed by atoms with van der Waals surface area (Å²) in [5.41, 5.74) is 6.99. The Balaban J connectivity index is 1.43. The van der Waals surface area contributed by atoms with Crippen molar-refractivity contribution in [2.24, 2.45) is 0 Å². The monoisotopic (exact) mass is 533 g/mol. The van der Waals surface area contributed by atoms with Crippen LogP contribution in [0.1, 0.15) is 32.0 Å². The van der Waals surface area contributed by atoms with E-state index in [0.717, 1.165) is 16.9 Å². The Bertz CT molecular complexity index is 1500. The lowest BCUT2D eigenvalue weighted by atomic mass is 10.0. The highest BCUT2D eigenvalue weighted by molar-refractivity contribution is 7.07. The van der Waals surface area contributed by atoms with Crippen LogP contribution < -0.4 is 11.1 Å². The molecule has 3 N–H and O–H groups in total. The number of nitrogens with zero attached hydrogens (tertiary/aromatic N) is 5. The van der Waals surface area contributed by atoms with E-state index in [0.29, 0.717) is 5.56 Å². The predicted molar refractivity (Wildman–Crippen MR) is 127 cm³/mol. The maximum absolute atomic E-state index is 14.7. The van der Waals surface area contributed by atoms with Crippen molar-refractivity contribution in [2.75, 3.05) is 18.8 Å². The van der Waals surface area contributed by atoms with Crippen LogP contribution in [0, 0.1) is 6.92 Å². The van der Waals surface area contributed by atoms with Crippen molar-refractivity contribution in [3.05, 3.63) is 63.9 Å². The van der Waals surface area contributed by atoms with Gasteiger partial charge in [-0.15, -0.1) is 11.3 Å². The number of nitrogen functional groups attached to an aromatic ring is 1. The van der Waals surface area contributed by atoms with Crippen LogP contribution in [-0.4, -0.2) is 61.6 Å². The molecule has 4 heterocycles. The average Bonchev–Trinajstić information content (AvgIpc) is 3.58. The van der Waals surface area contributed by atoms with Crippen LogP contribution in [0.25, 0.3) is 16.8 Å². The Hall–Kier alpha value is -4.07. The summed E-state index contributed by atoms with van der Waals surface area (Å²) >= 11 is 1.24. The molecule has 2 amide bonds. The zero-order valence-electron chi connectivity index (χ0n) is 19.2. The van der Waals surface area contributed by atoms with Gasteiger partial charge in [0, 0.05) is 23.1 Å². The number of aryl methyl sites for hydroxylation is 1. The largest absolute Gasteiger partial charge is 0.418 e. The van der Waals surface area contributed by atoms with E-state index in [2.05, 4.69) is 20.4 Å². The minimum absolute atomic E-state index is 0.0452. The zero-order valence-corrected chi connectivity index (χ0v) is 20.0. The van der Waals surface area contributed by atoms with Crippen LogP contribution in [0.15, 0.2) is 41.5 Å². The second kappa shape index (κ2) is 9.10. The minimum atomic E-state index is -4.71. The third kappa shape index (κ3) is 4.48. The van der Waals surface area contributed by atoms with Crippen LogP contribution in [0.3, 0.4) is 0 Å². The van der Waals surface area contributed by atoms with Crippen LogP contribution in [-0.2, 0) is 6.18 Å². The summed E-state index contributed by atoms with van der Waals surface area (Å²) in [6, 6.07) is 4.46. The van der Waals surface area contributed by atoms with Crippen molar-refractivity contribution in [1.29, 1.82) is 0 Å². The standard InChI is InChI=1S/C23H19F4N7O2S/c1-11-2-3-12(18-5-14(23(25,26)27)19-20(28)29-9-31-34(18)19)4-13(11)21(35)32-16-7-33(6-15(16)24)22(36)17-8-37-10-30-17/h2-5,8-10,15-16H,6-7H2,1H3,(H,32,35)(H2,28,29,31)/t15-,16+/m0/s1. The van der Waals surface area contributed by atoms with E-state index in [-0.39, 0.29) is 41.4 Å². The van der Waals surface area contributed by atoms with Crippen molar-refractivity contribution >= 4 is 34.5 Å². The van der Waals surface area contributed by atoms with Crippen molar-refractivity contribution in [2.45, 2.75) is 25.3 Å². The highest BCUT2D eigenvalue weighted by atomic mass is 32.1. The lowest BCUT2D eigenvalue weighted by molar-refractivity contribution is -0.136. The van der Waals surface area contributed by atoms with E-state index in [1.807, 2.05) is 0 Å². The highest BCUT2D eigenvalue weighted by Gasteiger charge is 2.38. The van der Waals surface area contributed by atoms with Gasteiger partial charge in [-0.25, -0.2) is 18.9 Å². The molecule has 9 nitrogen and oxygen atoms in total. The first kappa shape index (κ1) is 24.6. The van der Waals surface area contributed by atoms with Gasteiger partial charge in [-0.05, 0) is 24.6 Å². The number of nitrogens with two attached hydrogens (primary N) is 1. The lowest BCUT2D eigenvalue weighted by Gasteiger charge is -2.17. The van der Waals surface area contributed by atoms with E-state index in [1.54, 1.807) is 24.4 Å². The number of aromatic nitrogens is 4. The fourth-order valence-electron chi connectivity index (χ4n) is 4.31. The first-order chi connectivity index (χ1) is 17.5. The fourth-order valence-corrected chi connectivity index (χ4v) is 4.83.